The SMILES string of the molecule is CCN(C(=N)CCCc1cccc(-c2ccc(C(=O)O)cc2)c1)C(=O)NCc1ccc(C(C)(C)C)cc1. The van der Waals surface area contributed by atoms with Crippen molar-refractivity contribution in [2.45, 2.75) is 58.9 Å². The van der Waals surface area contributed by atoms with Crippen LogP contribution in [0.2, 0.25) is 0 Å². The molecule has 6 nitrogen and oxygen atoms in total. The molecule has 0 saturated carbocycles. The number of aryl methyl sites for hydroxylation is 1. The number of benzene rings is 3. The van der Waals surface area contributed by atoms with Crippen molar-refractivity contribution in [1.82, 2.24) is 10.2 Å². The summed E-state index contributed by atoms with van der Waals surface area (Å²) in [4.78, 5) is 25.3. The lowest BCUT2D eigenvalue weighted by atomic mass is 9.87. The number of amidine groups is 1. The Morgan fingerprint density at radius 1 is 0.919 bits per heavy atom. The number of carbonyl (C=O) groups excluding carboxylic acids is 1. The van der Waals surface area contributed by atoms with Gasteiger partial charge in [0.05, 0.1) is 5.56 Å². The highest BCUT2D eigenvalue weighted by Gasteiger charge is 2.17. The second-order valence-electron chi connectivity index (χ2n) is 10.2. The van der Waals surface area contributed by atoms with Crippen LogP contribution in [0.3, 0.4) is 0 Å². The third-order valence-electron chi connectivity index (χ3n) is 6.42. The molecule has 0 bridgehead atoms. The van der Waals surface area contributed by atoms with Crippen LogP contribution in [0.4, 0.5) is 4.79 Å². The number of hydrogen-bond donors (Lipinski definition) is 3. The van der Waals surface area contributed by atoms with Gasteiger partial charge in [-0.25, -0.2) is 9.59 Å². The number of hydrogen-bond acceptors (Lipinski definition) is 3. The Labute approximate surface area is 219 Å². The summed E-state index contributed by atoms with van der Waals surface area (Å²) in [7, 11) is 0. The van der Waals surface area contributed by atoms with Crippen LogP contribution in [0.5, 0.6) is 0 Å². The molecule has 194 valence electrons. The summed E-state index contributed by atoms with van der Waals surface area (Å²) in [5.41, 5.74) is 5.75. The molecule has 0 aliphatic carbocycles. The minimum absolute atomic E-state index is 0.0880. The fourth-order valence-electron chi connectivity index (χ4n) is 4.16. The van der Waals surface area contributed by atoms with Gasteiger partial charge in [-0.15, -0.1) is 0 Å². The van der Waals surface area contributed by atoms with Gasteiger partial charge in [0.25, 0.3) is 0 Å². The molecule has 0 aromatic heterocycles. The molecule has 0 spiro atoms. The normalized spacial score (nSPS) is 11.1. The van der Waals surface area contributed by atoms with E-state index in [9.17, 15) is 9.59 Å². The van der Waals surface area contributed by atoms with Gasteiger partial charge < -0.3 is 10.4 Å². The summed E-state index contributed by atoms with van der Waals surface area (Å²) >= 11 is 0. The maximum Gasteiger partial charge on any atom is 0.335 e. The second-order valence-corrected chi connectivity index (χ2v) is 10.2. The lowest BCUT2D eigenvalue weighted by Crippen LogP contribution is -2.43. The minimum Gasteiger partial charge on any atom is -0.478 e. The van der Waals surface area contributed by atoms with Crippen molar-refractivity contribution in [2.75, 3.05) is 6.54 Å². The fourth-order valence-corrected chi connectivity index (χ4v) is 4.16. The summed E-state index contributed by atoms with van der Waals surface area (Å²) < 4.78 is 0. The van der Waals surface area contributed by atoms with Crippen LogP contribution < -0.4 is 5.32 Å². The van der Waals surface area contributed by atoms with Crippen LogP contribution in [-0.4, -0.2) is 34.4 Å². The quantitative estimate of drug-likeness (QED) is 0.221. The average Bonchev–Trinajstić information content (AvgIpc) is 2.88. The van der Waals surface area contributed by atoms with E-state index in [1.807, 2.05) is 49.4 Å². The highest BCUT2D eigenvalue weighted by molar-refractivity contribution is 5.95. The Morgan fingerprint density at radius 3 is 2.19 bits per heavy atom. The molecule has 0 aliphatic heterocycles. The van der Waals surface area contributed by atoms with Crippen molar-refractivity contribution in [1.29, 1.82) is 5.41 Å². The van der Waals surface area contributed by atoms with E-state index < -0.39 is 5.97 Å². The molecule has 37 heavy (non-hydrogen) atoms. The van der Waals surface area contributed by atoms with E-state index >= 15 is 0 Å². The third-order valence-corrected chi connectivity index (χ3v) is 6.42. The Morgan fingerprint density at radius 2 is 1.59 bits per heavy atom. The lowest BCUT2D eigenvalue weighted by molar-refractivity contribution is 0.0697. The van der Waals surface area contributed by atoms with Gasteiger partial charge in [0.15, 0.2) is 0 Å². The molecule has 3 aromatic rings. The molecule has 0 atom stereocenters. The van der Waals surface area contributed by atoms with E-state index in [0.29, 0.717) is 25.3 Å². The molecule has 3 aromatic carbocycles. The molecule has 0 saturated heterocycles. The highest BCUT2D eigenvalue weighted by atomic mass is 16.4. The van der Waals surface area contributed by atoms with Crippen molar-refractivity contribution >= 4 is 17.8 Å². The monoisotopic (exact) mass is 499 g/mol. The molecular formula is C31H37N3O3. The number of carbonyl (C=O) groups is 2. The number of nitrogens with one attached hydrogen (secondary N) is 2. The first-order valence-electron chi connectivity index (χ1n) is 12.7. The maximum atomic E-state index is 12.8. The zero-order chi connectivity index (χ0) is 27.0. The minimum atomic E-state index is -0.938. The summed E-state index contributed by atoms with van der Waals surface area (Å²) in [5.74, 6) is -0.629. The first kappa shape index (κ1) is 27.7. The van der Waals surface area contributed by atoms with E-state index in [-0.39, 0.29) is 17.0 Å². The van der Waals surface area contributed by atoms with Crippen molar-refractivity contribution in [3.63, 3.8) is 0 Å². The van der Waals surface area contributed by atoms with Crippen LogP contribution >= 0.6 is 0 Å². The Hall–Kier alpha value is -3.93. The zero-order valence-electron chi connectivity index (χ0n) is 22.2. The van der Waals surface area contributed by atoms with Crippen LogP contribution in [0.1, 0.15) is 67.6 Å². The fraction of sp³-hybridized carbons (Fsp3) is 0.323. The van der Waals surface area contributed by atoms with Crippen molar-refractivity contribution < 1.29 is 14.7 Å². The Kier molecular flexibility index (Phi) is 9.23. The van der Waals surface area contributed by atoms with Gasteiger partial charge in [0.2, 0.25) is 0 Å². The molecule has 2 amide bonds. The van der Waals surface area contributed by atoms with E-state index in [2.05, 4.69) is 44.3 Å². The van der Waals surface area contributed by atoms with Crippen molar-refractivity contribution in [3.8, 4) is 11.1 Å². The first-order valence-corrected chi connectivity index (χ1v) is 12.7. The van der Waals surface area contributed by atoms with Crippen molar-refractivity contribution in [2.24, 2.45) is 0 Å². The number of urea groups is 1. The van der Waals surface area contributed by atoms with Gasteiger partial charge in [0, 0.05) is 19.5 Å². The van der Waals surface area contributed by atoms with Gasteiger partial charge in [-0.2, -0.15) is 0 Å². The topological polar surface area (TPSA) is 93.5 Å². The van der Waals surface area contributed by atoms with E-state index in [0.717, 1.165) is 35.1 Å². The summed E-state index contributed by atoms with van der Waals surface area (Å²) in [6.45, 7) is 9.26. The van der Waals surface area contributed by atoms with Gasteiger partial charge in [-0.3, -0.25) is 10.3 Å². The molecule has 0 heterocycles. The molecule has 0 radical (unpaired) electrons. The average molecular weight is 500 g/mol. The van der Waals surface area contributed by atoms with E-state index in [4.69, 9.17) is 10.5 Å². The Balaban J connectivity index is 1.51. The third kappa shape index (κ3) is 7.78. The van der Waals surface area contributed by atoms with Gasteiger partial charge in [-0.05, 0) is 65.1 Å². The van der Waals surface area contributed by atoms with Gasteiger partial charge >= 0.3 is 12.0 Å². The molecule has 6 heteroatoms. The predicted molar refractivity (Wildman–Crippen MR) is 149 cm³/mol. The second kappa shape index (κ2) is 12.3. The lowest BCUT2D eigenvalue weighted by Gasteiger charge is -2.22. The molecule has 0 fully saturated rings. The van der Waals surface area contributed by atoms with E-state index in [1.165, 1.54) is 10.5 Å². The molecular weight excluding hydrogens is 462 g/mol. The standard InChI is InChI=1S/C31H37N3O3/c1-5-34(30(37)33-21-23-12-18-27(19-13-23)31(2,3)4)28(32)11-7-9-22-8-6-10-26(20-22)24-14-16-25(17-15-24)29(35)36/h6,8,10,12-20,32H,5,7,9,11,21H2,1-4H3,(H,33,37)(H,35,36). The molecule has 0 unspecified atom stereocenters. The largest absolute Gasteiger partial charge is 0.478 e. The summed E-state index contributed by atoms with van der Waals surface area (Å²) in [6.07, 6.45) is 2.03. The molecule has 0 aliphatic rings. The van der Waals surface area contributed by atoms with E-state index in [1.54, 1.807) is 12.1 Å². The van der Waals surface area contributed by atoms with Crippen LogP contribution in [0, 0.1) is 5.41 Å². The number of nitrogens with zero attached hydrogens (tertiary/aromatic N) is 1. The number of aromatic carboxylic acids is 1. The number of carboxylic acids is 1. The number of carboxylic acid groups (broad SMARTS) is 1. The van der Waals surface area contributed by atoms with Gasteiger partial charge in [-0.1, -0.05) is 81.4 Å². The van der Waals surface area contributed by atoms with Crippen molar-refractivity contribution in [3.05, 3.63) is 95.1 Å². The molecule has 3 N–H and O–H groups in total. The van der Waals surface area contributed by atoms with Crippen LogP contribution in [-0.2, 0) is 18.4 Å². The van der Waals surface area contributed by atoms with Crippen LogP contribution in [0.25, 0.3) is 11.1 Å². The smallest absolute Gasteiger partial charge is 0.335 e. The first-order chi connectivity index (χ1) is 17.6. The maximum absolute atomic E-state index is 12.8. The molecule has 3 rings (SSSR count). The summed E-state index contributed by atoms with van der Waals surface area (Å²) in [5, 5.41) is 20.5. The predicted octanol–water partition coefficient (Wildman–Crippen LogP) is 6.88. The van der Waals surface area contributed by atoms with Crippen LogP contribution in [0.15, 0.2) is 72.8 Å². The highest BCUT2D eigenvalue weighted by Crippen LogP contribution is 2.23. The zero-order valence-corrected chi connectivity index (χ0v) is 22.2. The number of rotatable bonds is 9. The summed E-state index contributed by atoms with van der Waals surface area (Å²) in [6, 6.07) is 23.0. The number of amides is 2. The van der Waals surface area contributed by atoms with Gasteiger partial charge in [0.1, 0.15) is 5.84 Å². The Bertz CT molecular complexity index is 1230.